The predicted octanol–water partition coefficient (Wildman–Crippen LogP) is 1.82. The number of amides is 1. The van der Waals surface area contributed by atoms with Crippen LogP contribution in [-0.2, 0) is 14.8 Å². The molecule has 1 amide bonds. The van der Waals surface area contributed by atoms with E-state index in [0.717, 1.165) is 4.31 Å². The topological polar surface area (TPSA) is 125 Å². The minimum Gasteiger partial charge on any atom is -0.495 e. The Morgan fingerprint density at radius 3 is 2.59 bits per heavy atom. The fourth-order valence-corrected chi connectivity index (χ4v) is 3.76. The Morgan fingerprint density at radius 2 is 1.97 bits per heavy atom. The van der Waals surface area contributed by atoms with Gasteiger partial charge >= 0.3 is 5.97 Å². The van der Waals surface area contributed by atoms with Gasteiger partial charge in [-0.05, 0) is 24.3 Å². The Kier molecular flexibility index (Phi) is 7.32. The standard InChI is InChI=1S/C18H18ClN3O6S/c1-22(29(26,27)13-7-8-16(28-2)15(19)9-13)11-17(23)21-20-10-12-5-3-4-6-14(12)18(24)25/h3-10H,11H2,1-2H3,(H,21,23)(H,24,25)/b20-10+. The number of rotatable bonds is 8. The van der Waals surface area contributed by atoms with E-state index in [2.05, 4.69) is 10.5 Å². The van der Waals surface area contributed by atoms with Gasteiger partial charge in [0.1, 0.15) is 5.75 Å². The summed E-state index contributed by atoms with van der Waals surface area (Å²) in [6.07, 6.45) is 1.17. The number of hydrogen-bond acceptors (Lipinski definition) is 6. The third kappa shape index (κ3) is 5.53. The van der Waals surface area contributed by atoms with Gasteiger partial charge in [0.25, 0.3) is 5.91 Å². The van der Waals surface area contributed by atoms with Gasteiger partial charge in [-0.25, -0.2) is 18.6 Å². The van der Waals surface area contributed by atoms with Crippen LogP contribution in [0, 0.1) is 0 Å². The maximum absolute atomic E-state index is 12.6. The lowest BCUT2D eigenvalue weighted by molar-refractivity contribution is -0.121. The predicted molar refractivity (Wildman–Crippen MR) is 107 cm³/mol. The summed E-state index contributed by atoms with van der Waals surface area (Å²) in [6, 6.07) is 10.0. The van der Waals surface area contributed by atoms with Crippen molar-refractivity contribution >= 4 is 39.7 Å². The molecule has 29 heavy (non-hydrogen) atoms. The third-order valence-electron chi connectivity index (χ3n) is 3.78. The van der Waals surface area contributed by atoms with E-state index < -0.39 is 28.4 Å². The highest BCUT2D eigenvalue weighted by Gasteiger charge is 2.24. The number of carboxylic acid groups (broad SMARTS) is 1. The number of carbonyl (C=O) groups is 2. The number of likely N-dealkylation sites (N-methyl/N-ethyl adjacent to an activating group) is 1. The van der Waals surface area contributed by atoms with Crippen molar-refractivity contribution in [3.8, 4) is 5.75 Å². The van der Waals surface area contributed by atoms with Gasteiger partial charge in [0.05, 0.1) is 35.4 Å². The second kappa shape index (κ2) is 9.50. The number of nitrogens with zero attached hydrogens (tertiary/aromatic N) is 2. The number of aromatic carboxylic acids is 1. The summed E-state index contributed by atoms with van der Waals surface area (Å²) in [7, 11) is -1.34. The van der Waals surface area contributed by atoms with Crippen LogP contribution < -0.4 is 10.2 Å². The van der Waals surface area contributed by atoms with Crippen LogP contribution in [0.1, 0.15) is 15.9 Å². The Hall–Kier alpha value is -2.95. The van der Waals surface area contributed by atoms with Gasteiger partial charge in [-0.1, -0.05) is 29.8 Å². The van der Waals surface area contributed by atoms with Crippen molar-refractivity contribution in [2.24, 2.45) is 5.10 Å². The van der Waals surface area contributed by atoms with Gasteiger partial charge < -0.3 is 9.84 Å². The largest absolute Gasteiger partial charge is 0.495 e. The average molecular weight is 440 g/mol. The molecule has 0 aliphatic heterocycles. The Labute approximate surface area is 172 Å². The zero-order valence-corrected chi connectivity index (χ0v) is 17.1. The van der Waals surface area contributed by atoms with Gasteiger partial charge in [-0.3, -0.25) is 4.79 Å². The number of hydrogen-bond donors (Lipinski definition) is 2. The van der Waals surface area contributed by atoms with Crippen molar-refractivity contribution in [1.82, 2.24) is 9.73 Å². The maximum atomic E-state index is 12.6. The van der Waals surface area contributed by atoms with Gasteiger partial charge in [0.2, 0.25) is 10.0 Å². The van der Waals surface area contributed by atoms with Crippen LogP contribution in [-0.4, -0.2) is 56.6 Å². The van der Waals surface area contributed by atoms with Crippen LogP contribution in [0.4, 0.5) is 0 Å². The molecule has 2 rings (SSSR count). The first-order valence-electron chi connectivity index (χ1n) is 8.11. The number of halogens is 1. The Morgan fingerprint density at radius 1 is 1.28 bits per heavy atom. The maximum Gasteiger partial charge on any atom is 0.336 e. The highest BCUT2D eigenvalue weighted by atomic mass is 35.5. The monoisotopic (exact) mass is 439 g/mol. The Bertz CT molecular complexity index is 1060. The first-order valence-corrected chi connectivity index (χ1v) is 9.92. The zero-order valence-electron chi connectivity index (χ0n) is 15.5. The number of ether oxygens (including phenoxy) is 1. The summed E-state index contributed by atoms with van der Waals surface area (Å²) in [5, 5.41) is 12.9. The van der Waals surface area contributed by atoms with Crippen LogP contribution in [0.15, 0.2) is 52.5 Å². The molecule has 0 radical (unpaired) electrons. The molecule has 0 saturated heterocycles. The zero-order chi connectivity index (χ0) is 21.6. The fourth-order valence-electron chi connectivity index (χ4n) is 2.29. The van der Waals surface area contributed by atoms with Crippen LogP contribution >= 0.6 is 11.6 Å². The summed E-state index contributed by atoms with van der Waals surface area (Å²) < 4.78 is 31.0. The van der Waals surface area contributed by atoms with Crippen molar-refractivity contribution in [1.29, 1.82) is 0 Å². The van der Waals surface area contributed by atoms with E-state index in [1.165, 1.54) is 50.7 Å². The number of sulfonamides is 1. The molecular formula is C18H18ClN3O6S. The highest BCUT2D eigenvalue weighted by molar-refractivity contribution is 7.89. The Balaban J connectivity index is 2.05. The highest BCUT2D eigenvalue weighted by Crippen LogP contribution is 2.27. The van der Waals surface area contributed by atoms with Gasteiger partial charge in [0.15, 0.2) is 0 Å². The van der Waals surface area contributed by atoms with Crippen LogP contribution in [0.3, 0.4) is 0 Å². The quantitative estimate of drug-likeness (QED) is 0.477. The van der Waals surface area contributed by atoms with Crippen LogP contribution in [0.5, 0.6) is 5.75 Å². The number of methoxy groups -OCH3 is 1. The molecule has 0 atom stereocenters. The molecule has 2 aromatic carbocycles. The molecule has 0 aromatic heterocycles. The smallest absolute Gasteiger partial charge is 0.336 e. The molecule has 0 aliphatic rings. The molecule has 154 valence electrons. The van der Waals surface area contributed by atoms with Crippen molar-refractivity contribution in [2.75, 3.05) is 20.7 Å². The molecule has 0 aliphatic carbocycles. The molecular weight excluding hydrogens is 422 g/mol. The lowest BCUT2D eigenvalue weighted by atomic mass is 10.1. The third-order valence-corrected chi connectivity index (χ3v) is 5.88. The van der Waals surface area contributed by atoms with Crippen LogP contribution in [0.25, 0.3) is 0 Å². The van der Waals surface area contributed by atoms with Gasteiger partial charge in [-0.2, -0.15) is 9.41 Å². The summed E-state index contributed by atoms with van der Waals surface area (Å²) >= 11 is 5.96. The van der Waals surface area contributed by atoms with E-state index in [0.29, 0.717) is 5.75 Å². The van der Waals surface area contributed by atoms with E-state index in [9.17, 15) is 18.0 Å². The fraction of sp³-hybridized carbons (Fsp3) is 0.167. The van der Waals surface area contributed by atoms with E-state index in [4.69, 9.17) is 21.4 Å². The molecule has 0 heterocycles. The van der Waals surface area contributed by atoms with Gasteiger partial charge in [0, 0.05) is 12.6 Å². The lowest BCUT2D eigenvalue weighted by Crippen LogP contribution is -2.36. The molecule has 2 N–H and O–H groups in total. The first kappa shape index (κ1) is 22.3. The van der Waals surface area contributed by atoms with E-state index in [1.54, 1.807) is 12.1 Å². The van der Waals surface area contributed by atoms with E-state index in [1.807, 2.05) is 0 Å². The SMILES string of the molecule is COc1ccc(S(=O)(=O)N(C)CC(=O)N/N=C/c2ccccc2C(=O)O)cc1Cl. The number of nitrogens with one attached hydrogen (secondary N) is 1. The molecule has 0 bridgehead atoms. The normalized spacial score (nSPS) is 11.6. The molecule has 0 fully saturated rings. The van der Waals surface area contributed by atoms with E-state index in [-0.39, 0.29) is 21.0 Å². The molecule has 0 spiro atoms. The summed E-state index contributed by atoms with van der Waals surface area (Å²) in [6.45, 7) is -0.510. The van der Waals surface area contributed by atoms with E-state index >= 15 is 0 Å². The molecule has 9 nitrogen and oxygen atoms in total. The van der Waals surface area contributed by atoms with Crippen LogP contribution in [0.2, 0.25) is 5.02 Å². The molecule has 0 unspecified atom stereocenters. The molecule has 2 aromatic rings. The van der Waals surface area contributed by atoms with Crippen molar-refractivity contribution in [3.05, 3.63) is 58.6 Å². The van der Waals surface area contributed by atoms with Crippen molar-refractivity contribution in [3.63, 3.8) is 0 Å². The number of carboxylic acids is 1. The molecule has 11 heteroatoms. The summed E-state index contributed by atoms with van der Waals surface area (Å²) in [5.41, 5.74) is 2.47. The number of carbonyl (C=O) groups excluding carboxylic acids is 1. The lowest BCUT2D eigenvalue weighted by Gasteiger charge is -2.16. The molecule has 0 saturated carbocycles. The summed E-state index contributed by atoms with van der Waals surface area (Å²) in [4.78, 5) is 23.0. The number of benzene rings is 2. The second-order valence-corrected chi connectivity index (χ2v) is 8.20. The second-order valence-electron chi connectivity index (χ2n) is 5.74. The van der Waals surface area contributed by atoms with Crippen molar-refractivity contribution < 1.29 is 27.9 Å². The number of hydrazone groups is 1. The van der Waals surface area contributed by atoms with Gasteiger partial charge in [-0.15, -0.1) is 0 Å². The minimum atomic E-state index is -3.97. The first-order chi connectivity index (χ1) is 13.7. The summed E-state index contributed by atoms with van der Waals surface area (Å²) in [5.74, 6) is -1.52. The minimum absolute atomic E-state index is 0.0154. The van der Waals surface area contributed by atoms with Crippen molar-refractivity contribution in [2.45, 2.75) is 4.90 Å². The average Bonchev–Trinajstić information content (AvgIpc) is 2.68.